The number of allylic oxidation sites excluding steroid dienone is 1. The zero-order chi connectivity index (χ0) is 18.1. The van der Waals surface area contributed by atoms with Crippen molar-refractivity contribution in [3.63, 3.8) is 0 Å². The summed E-state index contributed by atoms with van der Waals surface area (Å²) in [6.07, 6.45) is 0. The predicted octanol–water partition coefficient (Wildman–Crippen LogP) is 3.65. The van der Waals surface area contributed by atoms with Gasteiger partial charge in [0.15, 0.2) is 5.70 Å². The molecule has 1 aromatic heterocycles. The Hall–Kier alpha value is -2.83. The summed E-state index contributed by atoms with van der Waals surface area (Å²) < 4.78 is 1.93. The molecule has 7 nitrogen and oxygen atoms in total. The van der Waals surface area contributed by atoms with Gasteiger partial charge in [-0.25, -0.2) is 4.98 Å². The van der Waals surface area contributed by atoms with Crippen LogP contribution in [0.4, 0.5) is 5.95 Å². The number of aryl methyl sites for hydroxylation is 1. The first kappa shape index (κ1) is 17.0. The highest BCUT2D eigenvalue weighted by Crippen LogP contribution is 2.33. The van der Waals surface area contributed by atoms with Gasteiger partial charge in [-0.2, -0.15) is 0 Å². The number of rotatable bonds is 4. The largest absolute Gasteiger partial charge is 0.382 e. The predicted molar refractivity (Wildman–Crippen MR) is 99.6 cm³/mol. The third-order valence-corrected chi connectivity index (χ3v) is 4.37. The van der Waals surface area contributed by atoms with Crippen molar-refractivity contribution in [2.45, 2.75) is 27.7 Å². The smallest absolute Gasteiger partial charge is 0.250 e. The van der Waals surface area contributed by atoms with Gasteiger partial charge in [-0.05, 0) is 45.4 Å². The second-order valence-corrected chi connectivity index (χ2v) is 6.17. The van der Waals surface area contributed by atoms with Crippen LogP contribution in [-0.2, 0) is 7.05 Å². The Morgan fingerprint density at radius 3 is 2.36 bits per heavy atom. The molecule has 0 unspecified atom stereocenters. The van der Waals surface area contributed by atoms with Gasteiger partial charge in [0.25, 0.3) is 0 Å². The number of nitrogens with zero attached hydrogens (tertiary/aromatic N) is 6. The van der Waals surface area contributed by atoms with E-state index in [2.05, 4.69) is 47.9 Å². The molecule has 0 saturated heterocycles. The quantitative estimate of drug-likeness (QED) is 0.863. The molecule has 2 aromatic rings. The normalized spacial score (nSPS) is 15.3. The van der Waals surface area contributed by atoms with Gasteiger partial charge in [-0.1, -0.05) is 12.1 Å². The number of para-hydroxylation sites is 2. The summed E-state index contributed by atoms with van der Waals surface area (Å²) in [7, 11) is 1.94. The highest BCUT2D eigenvalue weighted by molar-refractivity contribution is 5.77. The number of benzene rings is 1. The van der Waals surface area contributed by atoms with E-state index in [1.165, 1.54) is 0 Å². The van der Waals surface area contributed by atoms with Crippen molar-refractivity contribution in [1.82, 2.24) is 19.6 Å². The number of aromatic nitrogens is 2. The van der Waals surface area contributed by atoms with E-state index in [9.17, 15) is 0 Å². The minimum Gasteiger partial charge on any atom is -0.382 e. The number of hydrogen-bond acceptors (Lipinski definition) is 6. The molecule has 1 aliphatic heterocycles. The van der Waals surface area contributed by atoms with E-state index in [0.29, 0.717) is 17.5 Å². The molecule has 2 N–H and O–H groups in total. The molecule has 1 aromatic carbocycles. The summed E-state index contributed by atoms with van der Waals surface area (Å²) in [5, 5.41) is 13.1. The maximum Gasteiger partial charge on any atom is 0.250 e. The van der Waals surface area contributed by atoms with Crippen molar-refractivity contribution < 1.29 is 0 Å². The van der Waals surface area contributed by atoms with E-state index in [1.54, 1.807) is 0 Å². The van der Waals surface area contributed by atoms with Gasteiger partial charge in [0.2, 0.25) is 5.95 Å². The summed E-state index contributed by atoms with van der Waals surface area (Å²) in [6.45, 7) is 9.90. The van der Waals surface area contributed by atoms with Crippen molar-refractivity contribution in [2.24, 2.45) is 23.0 Å². The highest BCUT2D eigenvalue weighted by atomic mass is 15.7. The van der Waals surface area contributed by atoms with Gasteiger partial charge in [0.1, 0.15) is 5.82 Å². The van der Waals surface area contributed by atoms with Crippen molar-refractivity contribution in [3.05, 3.63) is 47.1 Å². The van der Waals surface area contributed by atoms with E-state index in [4.69, 9.17) is 5.73 Å². The van der Waals surface area contributed by atoms with E-state index >= 15 is 0 Å². The molecule has 0 bridgehead atoms. The Kier molecular flexibility index (Phi) is 4.48. The zero-order valence-electron chi connectivity index (χ0n) is 15.5. The molecule has 3 rings (SSSR count). The van der Waals surface area contributed by atoms with Crippen molar-refractivity contribution >= 4 is 17.0 Å². The number of azo groups is 1. The lowest BCUT2D eigenvalue weighted by molar-refractivity contribution is 0.0760. The summed E-state index contributed by atoms with van der Waals surface area (Å²) in [5.41, 5.74) is 11.2. The highest BCUT2D eigenvalue weighted by Gasteiger charge is 2.31. The summed E-state index contributed by atoms with van der Waals surface area (Å²) in [4.78, 5) is 4.54. The molecule has 25 heavy (non-hydrogen) atoms. The van der Waals surface area contributed by atoms with Gasteiger partial charge in [0, 0.05) is 20.1 Å². The van der Waals surface area contributed by atoms with Crippen LogP contribution < -0.4 is 5.73 Å². The van der Waals surface area contributed by atoms with Gasteiger partial charge in [0.05, 0.1) is 16.7 Å². The Labute approximate surface area is 148 Å². The van der Waals surface area contributed by atoms with Crippen LogP contribution in [-0.4, -0.2) is 32.7 Å². The molecule has 0 saturated carbocycles. The fourth-order valence-electron chi connectivity index (χ4n) is 3.20. The molecule has 7 heteroatoms. The average molecular weight is 339 g/mol. The first-order chi connectivity index (χ1) is 12.0. The first-order valence-corrected chi connectivity index (χ1v) is 8.55. The fraction of sp³-hybridized carbons (Fsp3) is 0.389. The topological polar surface area (TPSA) is 75.0 Å². The molecule has 2 heterocycles. The SMILES string of the molecule is CCN1C(N)=C(/N=N/c2nc3ccccc3n2C)C(=C(C)C)N1CC. The van der Waals surface area contributed by atoms with Crippen LogP contribution >= 0.6 is 0 Å². The van der Waals surface area contributed by atoms with Gasteiger partial charge in [-0.15, -0.1) is 10.2 Å². The second-order valence-electron chi connectivity index (χ2n) is 6.17. The van der Waals surface area contributed by atoms with Crippen LogP contribution in [0.2, 0.25) is 0 Å². The molecular formula is C18H25N7. The van der Waals surface area contributed by atoms with E-state index in [-0.39, 0.29) is 0 Å². The molecular weight excluding hydrogens is 314 g/mol. The van der Waals surface area contributed by atoms with Gasteiger partial charge < -0.3 is 10.3 Å². The molecule has 132 valence electrons. The maximum absolute atomic E-state index is 6.35. The standard InChI is InChI=1S/C18H25N7/c1-6-24-16(12(3)4)15(17(19)25(24)7-2)21-22-18-20-13-10-8-9-11-14(13)23(18)5/h8-11H,6-7,19H2,1-5H3/b22-21+. The minimum absolute atomic E-state index is 0.563. The first-order valence-electron chi connectivity index (χ1n) is 8.55. The molecule has 0 amide bonds. The Bertz CT molecular complexity index is 884. The lowest BCUT2D eigenvalue weighted by Crippen LogP contribution is -2.38. The number of likely N-dealkylation sites (N-methyl/N-ethyl adjacent to an activating group) is 1. The Balaban J connectivity index is 2.05. The summed E-state index contributed by atoms with van der Waals surface area (Å²) in [6, 6.07) is 7.94. The maximum atomic E-state index is 6.35. The molecule has 1 aliphatic rings. The molecule has 0 atom stereocenters. The fourth-order valence-corrected chi connectivity index (χ4v) is 3.20. The van der Waals surface area contributed by atoms with Crippen LogP contribution in [0, 0.1) is 0 Å². The number of imidazole rings is 1. The average Bonchev–Trinajstić information content (AvgIpc) is 3.07. The monoisotopic (exact) mass is 339 g/mol. The van der Waals surface area contributed by atoms with Crippen molar-refractivity contribution in [3.8, 4) is 0 Å². The molecule has 0 spiro atoms. The zero-order valence-corrected chi connectivity index (χ0v) is 15.5. The molecule has 0 aliphatic carbocycles. The van der Waals surface area contributed by atoms with Gasteiger partial charge in [-0.3, -0.25) is 10.0 Å². The lowest BCUT2D eigenvalue weighted by Gasteiger charge is -2.31. The van der Waals surface area contributed by atoms with Gasteiger partial charge >= 0.3 is 0 Å². The number of nitrogens with two attached hydrogens (primary N) is 1. The van der Waals surface area contributed by atoms with E-state index < -0.39 is 0 Å². The number of hydrazine groups is 1. The van der Waals surface area contributed by atoms with Crippen LogP contribution in [0.15, 0.2) is 57.3 Å². The van der Waals surface area contributed by atoms with Crippen LogP contribution in [0.25, 0.3) is 11.0 Å². The summed E-state index contributed by atoms with van der Waals surface area (Å²) in [5.74, 6) is 1.19. The molecule has 0 radical (unpaired) electrons. The number of fused-ring (bicyclic) bond motifs is 1. The van der Waals surface area contributed by atoms with Crippen LogP contribution in [0.1, 0.15) is 27.7 Å². The summed E-state index contributed by atoms with van der Waals surface area (Å²) >= 11 is 0. The van der Waals surface area contributed by atoms with Crippen LogP contribution in [0.5, 0.6) is 0 Å². The Morgan fingerprint density at radius 2 is 1.76 bits per heavy atom. The number of hydrogen-bond donors (Lipinski definition) is 1. The van der Waals surface area contributed by atoms with Crippen LogP contribution in [0.3, 0.4) is 0 Å². The van der Waals surface area contributed by atoms with Crippen molar-refractivity contribution in [1.29, 1.82) is 0 Å². The molecule has 0 fully saturated rings. The van der Waals surface area contributed by atoms with E-state index in [1.807, 2.05) is 40.9 Å². The van der Waals surface area contributed by atoms with E-state index in [0.717, 1.165) is 35.4 Å². The van der Waals surface area contributed by atoms with Crippen molar-refractivity contribution in [2.75, 3.05) is 13.1 Å². The minimum atomic E-state index is 0.563. The second kappa shape index (κ2) is 6.58. The lowest BCUT2D eigenvalue weighted by atomic mass is 10.2. The third kappa shape index (κ3) is 2.75. The Morgan fingerprint density at radius 1 is 1.08 bits per heavy atom. The third-order valence-electron chi connectivity index (χ3n) is 4.37.